The van der Waals surface area contributed by atoms with E-state index >= 15 is 0 Å². The zero-order chi connectivity index (χ0) is 20.6. The number of anilines is 1. The van der Waals surface area contributed by atoms with Gasteiger partial charge < -0.3 is 10.1 Å². The lowest BCUT2D eigenvalue weighted by Gasteiger charge is -2.22. The Morgan fingerprint density at radius 3 is 2.29 bits per heavy atom. The molecular weight excluding hydrogens is 376 g/mol. The molecule has 28 heavy (non-hydrogen) atoms. The Balaban J connectivity index is 1.85. The molecule has 0 saturated heterocycles. The van der Waals surface area contributed by atoms with Crippen molar-refractivity contribution in [2.45, 2.75) is 26.4 Å². The highest BCUT2D eigenvalue weighted by atomic mass is 32.2. The summed E-state index contributed by atoms with van der Waals surface area (Å²) in [4.78, 5) is 12.2. The molecule has 0 bridgehead atoms. The van der Waals surface area contributed by atoms with E-state index in [9.17, 15) is 13.2 Å². The fourth-order valence-corrected chi connectivity index (χ4v) is 3.50. The van der Waals surface area contributed by atoms with Crippen molar-refractivity contribution in [1.82, 2.24) is 5.32 Å². The van der Waals surface area contributed by atoms with Crippen LogP contribution in [0.5, 0.6) is 0 Å². The molecule has 0 aliphatic heterocycles. The number of amides is 1. The van der Waals surface area contributed by atoms with Crippen molar-refractivity contribution in [3.63, 3.8) is 0 Å². The standard InChI is InChI=1S/C21H28N2O4S/c1-17(2)19-9-11-20(12-10-19)23(28(3,25)26)15-21(24)22-13-14-27-16-18-7-5-4-6-8-18/h4-12,17H,13-16H2,1-3H3,(H,22,24). The van der Waals surface area contributed by atoms with E-state index in [-0.39, 0.29) is 12.5 Å². The smallest absolute Gasteiger partial charge is 0.240 e. The molecule has 0 unspecified atom stereocenters. The Labute approximate surface area is 167 Å². The Morgan fingerprint density at radius 1 is 1.07 bits per heavy atom. The van der Waals surface area contributed by atoms with Crippen molar-refractivity contribution < 1.29 is 17.9 Å². The molecule has 0 spiro atoms. The Kier molecular flexibility index (Phi) is 8.02. The van der Waals surface area contributed by atoms with Gasteiger partial charge >= 0.3 is 0 Å². The van der Waals surface area contributed by atoms with Crippen LogP contribution < -0.4 is 9.62 Å². The van der Waals surface area contributed by atoms with Crippen molar-refractivity contribution in [3.8, 4) is 0 Å². The predicted octanol–water partition coefficient (Wildman–Crippen LogP) is 2.91. The summed E-state index contributed by atoms with van der Waals surface area (Å²) in [6, 6.07) is 17.0. The number of sulfonamides is 1. The van der Waals surface area contributed by atoms with Gasteiger partial charge in [0.25, 0.3) is 0 Å². The molecular formula is C21H28N2O4S. The summed E-state index contributed by atoms with van der Waals surface area (Å²) in [7, 11) is -3.58. The van der Waals surface area contributed by atoms with Crippen molar-refractivity contribution in [2.24, 2.45) is 0 Å². The number of nitrogens with one attached hydrogen (secondary N) is 1. The van der Waals surface area contributed by atoms with Gasteiger partial charge in [-0.3, -0.25) is 9.10 Å². The summed E-state index contributed by atoms with van der Waals surface area (Å²) < 4.78 is 30.9. The fourth-order valence-electron chi connectivity index (χ4n) is 2.64. The Morgan fingerprint density at radius 2 is 1.71 bits per heavy atom. The summed E-state index contributed by atoms with van der Waals surface area (Å²) in [6.45, 7) is 5.00. The first kappa shape index (κ1) is 21.9. The van der Waals surface area contributed by atoms with Crippen LogP contribution in [0.4, 0.5) is 5.69 Å². The summed E-state index contributed by atoms with van der Waals surface area (Å²) in [5, 5.41) is 2.70. The third-order valence-corrected chi connectivity index (χ3v) is 5.36. The minimum Gasteiger partial charge on any atom is -0.375 e. The van der Waals surface area contributed by atoms with Gasteiger partial charge in [0.2, 0.25) is 15.9 Å². The maximum atomic E-state index is 12.2. The molecule has 0 aliphatic rings. The SMILES string of the molecule is CC(C)c1ccc(N(CC(=O)NCCOCc2ccccc2)S(C)(=O)=O)cc1. The summed E-state index contributed by atoms with van der Waals surface area (Å²) in [5.74, 6) is -0.0263. The third-order valence-electron chi connectivity index (χ3n) is 4.22. The molecule has 2 aromatic carbocycles. The van der Waals surface area contributed by atoms with E-state index in [2.05, 4.69) is 19.2 Å². The van der Waals surface area contributed by atoms with E-state index in [4.69, 9.17) is 4.74 Å². The van der Waals surface area contributed by atoms with Crippen LogP contribution in [-0.4, -0.2) is 40.3 Å². The molecule has 0 aliphatic carbocycles. The molecule has 152 valence electrons. The minimum atomic E-state index is -3.58. The fraction of sp³-hybridized carbons (Fsp3) is 0.381. The topological polar surface area (TPSA) is 75.7 Å². The lowest BCUT2D eigenvalue weighted by Crippen LogP contribution is -2.41. The second-order valence-corrected chi connectivity index (χ2v) is 8.81. The molecule has 0 fully saturated rings. The Hall–Kier alpha value is -2.38. The third kappa shape index (κ3) is 6.98. The van der Waals surface area contributed by atoms with Gasteiger partial charge in [-0.2, -0.15) is 0 Å². The highest BCUT2D eigenvalue weighted by Crippen LogP contribution is 2.21. The van der Waals surface area contributed by atoms with Crippen molar-refractivity contribution in [2.75, 3.05) is 30.3 Å². The van der Waals surface area contributed by atoms with Gasteiger partial charge in [-0.25, -0.2) is 8.42 Å². The predicted molar refractivity (Wildman–Crippen MR) is 112 cm³/mol. The first-order chi connectivity index (χ1) is 13.3. The van der Waals surface area contributed by atoms with Crippen LogP contribution in [0.25, 0.3) is 0 Å². The number of hydrogen-bond acceptors (Lipinski definition) is 4. The molecule has 7 heteroatoms. The largest absolute Gasteiger partial charge is 0.375 e. The number of carbonyl (C=O) groups excluding carboxylic acids is 1. The van der Waals surface area contributed by atoms with Crippen molar-refractivity contribution >= 4 is 21.6 Å². The molecule has 2 rings (SSSR count). The van der Waals surface area contributed by atoms with Crippen LogP contribution in [0.3, 0.4) is 0 Å². The lowest BCUT2D eigenvalue weighted by atomic mass is 10.0. The first-order valence-electron chi connectivity index (χ1n) is 9.23. The van der Waals surface area contributed by atoms with Crippen molar-refractivity contribution in [3.05, 3.63) is 65.7 Å². The van der Waals surface area contributed by atoms with Crippen LogP contribution in [0, 0.1) is 0 Å². The van der Waals surface area contributed by atoms with Gasteiger partial charge in [0, 0.05) is 6.54 Å². The van der Waals surface area contributed by atoms with E-state index in [0.717, 1.165) is 21.7 Å². The molecule has 0 aromatic heterocycles. The van der Waals surface area contributed by atoms with Gasteiger partial charge in [0.05, 0.1) is 25.2 Å². The monoisotopic (exact) mass is 404 g/mol. The van der Waals surface area contributed by atoms with E-state index < -0.39 is 10.0 Å². The van der Waals surface area contributed by atoms with Gasteiger partial charge in [0.1, 0.15) is 6.54 Å². The average Bonchev–Trinajstić information content (AvgIpc) is 2.66. The highest BCUT2D eigenvalue weighted by Gasteiger charge is 2.20. The van der Waals surface area contributed by atoms with E-state index in [1.54, 1.807) is 12.1 Å². The first-order valence-corrected chi connectivity index (χ1v) is 11.1. The minimum absolute atomic E-state index is 0.265. The summed E-state index contributed by atoms with van der Waals surface area (Å²) >= 11 is 0. The number of carbonyl (C=O) groups is 1. The molecule has 0 heterocycles. The lowest BCUT2D eigenvalue weighted by molar-refractivity contribution is -0.119. The van der Waals surface area contributed by atoms with Crippen LogP contribution in [-0.2, 0) is 26.2 Å². The van der Waals surface area contributed by atoms with Gasteiger partial charge in [-0.15, -0.1) is 0 Å². The second kappa shape index (κ2) is 10.2. The number of rotatable bonds is 10. The number of benzene rings is 2. The molecule has 2 aromatic rings. The maximum absolute atomic E-state index is 12.2. The van der Waals surface area contributed by atoms with Crippen LogP contribution in [0.1, 0.15) is 30.9 Å². The van der Waals surface area contributed by atoms with Crippen LogP contribution in [0.15, 0.2) is 54.6 Å². The van der Waals surface area contributed by atoms with E-state index in [1.165, 1.54) is 0 Å². The molecule has 0 radical (unpaired) electrons. The molecule has 1 N–H and O–H groups in total. The summed E-state index contributed by atoms with van der Waals surface area (Å²) in [6.07, 6.45) is 1.10. The Bertz CT molecular complexity index is 850. The normalized spacial score (nSPS) is 11.4. The summed E-state index contributed by atoms with van der Waals surface area (Å²) in [5.41, 5.74) is 2.64. The van der Waals surface area contributed by atoms with Gasteiger partial charge in [-0.05, 0) is 29.2 Å². The number of hydrogen-bond donors (Lipinski definition) is 1. The number of nitrogens with zero attached hydrogens (tertiary/aromatic N) is 1. The maximum Gasteiger partial charge on any atom is 0.240 e. The van der Waals surface area contributed by atoms with Crippen LogP contribution in [0.2, 0.25) is 0 Å². The van der Waals surface area contributed by atoms with Crippen LogP contribution >= 0.6 is 0 Å². The molecule has 1 amide bonds. The second-order valence-electron chi connectivity index (χ2n) is 6.90. The average molecular weight is 405 g/mol. The highest BCUT2D eigenvalue weighted by molar-refractivity contribution is 7.92. The number of ether oxygens (including phenoxy) is 1. The van der Waals surface area contributed by atoms with Crippen molar-refractivity contribution in [1.29, 1.82) is 0 Å². The molecule has 0 atom stereocenters. The molecule has 0 saturated carbocycles. The zero-order valence-corrected chi connectivity index (χ0v) is 17.4. The van der Waals surface area contributed by atoms with E-state index in [0.29, 0.717) is 31.4 Å². The van der Waals surface area contributed by atoms with E-state index in [1.807, 2.05) is 42.5 Å². The quantitative estimate of drug-likeness (QED) is 0.618. The van der Waals surface area contributed by atoms with Gasteiger partial charge in [-0.1, -0.05) is 56.3 Å². The van der Waals surface area contributed by atoms with Gasteiger partial charge in [0.15, 0.2) is 0 Å². The molecule has 6 nitrogen and oxygen atoms in total. The zero-order valence-electron chi connectivity index (χ0n) is 16.6.